The Kier molecular flexibility index (Phi) is 6.82. The fraction of sp³-hybridized carbons (Fsp3) is 0.900. The Hall–Kier alpha value is -0.530. The van der Waals surface area contributed by atoms with Gasteiger partial charge in [0.25, 0.3) is 0 Å². The van der Waals surface area contributed by atoms with Gasteiger partial charge in [-0.05, 0) is 18.8 Å². The van der Waals surface area contributed by atoms with Crippen molar-refractivity contribution in [1.82, 2.24) is 0 Å². The molecule has 12 heavy (non-hydrogen) atoms. The first kappa shape index (κ1) is 11.5. The van der Waals surface area contributed by atoms with Crippen LogP contribution < -0.4 is 0 Å². The minimum absolute atomic E-state index is 0.0440. The van der Waals surface area contributed by atoms with E-state index >= 15 is 0 Å². The SMILES string of the molecule is CCCOC(=O)CCCC(C)C. The Labute approximate surface area is 75.3 Å². The lowest BCUT2D eigenvalue weighted by Gasteiger charge is -2.04. The molecule has 0 aromatic heterocycles. The van der Waals surface area contributed by atoms with Crippen LogP contribution in [0.5, 0.6) is 0 Å². The number of carbonyl (C=O) groups is 1. The molecule has 0 rings (SSSR count). The summed E-state index contributed by atoms with van der Waals surface area (Å²) in [6, 6.07) is 0. The van der Waals surface area contributed by atoms with Gasteiger partial charge in [0.2, 0.25) is 0 Å². The number of hydrogen-bond acceptors (Lipinski definition) is 2. The van der Waals surface area contributed by atoms with Crippen LogP contribution in [-0.4, -0.2) is 12.6 Å². The van der Waals surface area contributed by atoms with E-state index in [1.807, 2.05) is 6.92 Å². The highest BCUT2D eigenvalue weighted by Crippen LogP contribution is 2.06. The highest BCUT2D eigenvalue weighted by molar-refractivity contribution is 5.69. The summed E-state index contributed by atoms with van der Waals surface area (Å²) in [6.45, 7) is 6.90. The van der Waals surface area contributed by atoms with E-state index in [0.717, 1.165) is 19.3 Å². The highest BCUT2D eigenvalue weighted by atomic mass is 16.5. The summed E-state index contributed by atoms with van der Waals surface area (Å²) in [5, 5.41) is 0. The number of carbonyl (C=O) groups excluding carboxylic acids is 1. The average molecular weight is 172 g/mol. The van der Waals surface area contributed by atoms with E-state index in [1.54, 1.807) is 0 Å². The second-order valence-corrected chi connectivity index (χ2v) is 3.51. The van der Waals surface area contributed by atoms with Crippen molar-refractivity contribution in [1.29, 1.82) is 0 Å². The molecule has 0 N–H and O–H groups in total. The summed E-state index contributed by atoms with van der Waals surface area (Å²) in [5.41, 5.74) is 0. The molecule has 72 valence electrons. The van der Waals surface area contributed by atoms with Crippen LogP contribution in [0.2, 0.25) is 0 Å². The molecule has 0 radical (unpaired) electrons. The summed E-state index contributed by atoms with van der Waals surface area (Å²) < 4.78 is 4.93. The lowest BCUT2D eigenvalue weighted by molar-refractivity contribution is -0.143. The zero-order valence-electron chi connectivity index (χ0n) is 8.43. The number of esters is 1. The molecule has 0 spiro atoms. The van der Waals surface area contributed by atoms with Gasteiger partial charge in [0, 0.05) is 6.42 Å². The summed E-state index contributed by atoms with van der Waals surface area (Å²) in [4.78, 5) is 11.0. The van der Waals surface area contributed by atoms with E-state index in [4.69, 9.17) is 4.74 Å². The Bertz CT molecular complexity index is 119. The van der Waals surface area contributed by atoms with E-state index in [1.165, 1.54) is 0 Å². The molecule has 0 saturated heterocycles. The van der Waals surface area contributed by atoms with Crippen LogP contribution in [0.1, 0.15) is 46.5 Å². The van der Waals surface area contributed by atoms with Crippen molar-refractivity contribution in [3.05, 3.63) is 0 Å². The van der Waals surface area contributed by atoms with E-state index in [0.29, 0.717) is 18.9 Å². The Morgan fingerprint density at radius 3 is 2.58 bits per heavy atom. The summed E-state index contributed by atoms with van der Waals surface area (Å²) in [6.07, 6.45) is 3.57. The molecule has 0 aliphatic carbocycles. The van der Waals surface area contributed by atoms with Crippen molar-refractivity contribution in [2.45, 2.75) is 46.5 Å². The molecule has 0 heterocycles. The van der Waals surface area contributed by atoms with Gasteiger partial charge in [-0.25, -0.2) is 0 Å². The normalized spacial score (nSPS) is 10.3. The standard InChI is InChI=1S/C10H20O2/c1-4-8-12-10(11)7-5-6-9(2)3/h9H,4-8H2,1-3H3. The summed E-state index contributed by atoms with van der Waals surface area (Å²) >= 11 is 0. The van der Waals surface area contributed by atoms with Crippen LogP contribution >= 0.6 is 0 Å². The molecular formula is C10H20O2. The molecule has 0 bridgehead atoms. The lowest BCUT2D eigenvalue weighted by Crippen LogP contribution is -2.05. The smallest absolute Gasteiger partial charge is 0.305 e. The van der Waals surface area contributed by atoms with Gasteiger partial charge in [0.05, 0.1) is 6.61 Å². The molecule has 0 fully saturated rings. The fourth-order valence-corrected chi connectivity index (χ4v) is 0.943. The second kappa shape index (κ2) is 7.14. The molecule has 0 aromatic carbocycles. The molecule has 0 atom stereocenters. The van der Waals surface area contributed by atoms with E-state index in [-0.39, 0.29) is 5.97 Å². The van der Waals surface area contributed by atoms with E-state index in [2.05, 4.69) is 13.8 Å². The van der Waals surface area contributed by atoms with Gasteiger partial charge >= 0.3 is 5.97 Å². The van der Waals surface area contributed by atoms with Crippen molar-refractivity contribution >= 4 is 5.97 Å². The van der Waals surface area contributed by atoms with Crippen LogP contribution in [0.15, 0.2) is 0 Å². The summed E-state index contributed by atoms with van der Waals surface area (Å²) in [7, 11) is 0. The first-order valence-corrected chi connectivity index (χ1v) is 4.82. The zero-order valence-corrected chi connectivity index (χ0v) is 8.43. The quantitative estimate of drug-likeness (QED) is 0.576. The Morgan fingerprint density at radius 2 is 2.08 bits per heavy atom. The highest BCUT2D eigenvalue weighted by Gasteiger charge is 2.02. The van der Waals surface area contributed by atoms with E-state index < -0.39 is 0 Å². The van der Waals surface area contributed by atoms with E-state index in [9.17, 15) is 4.79 Å². The largest absolute Gasteiger partial charge is 0.466 e. The van der Waals surface area contributed by atoms with Gasteiger partial charge in [-0.3, -0.25) is 4.79 Å². The molecule has 0 aliphatic heterocycles. The van der Waals surface area contributed by atoms with Crippen LogP contribution in [-0.2, 0) is 9.53 Å². The minimum Gasteiger partial charge on any atom is -0.466 e. The van der Waals surface area contributed by atoms with Crippen molar-refractivity contribution in [2.75, 3.05) is 6.61 Å². The van der Waals surface area contributed by atoms with Crippen molar-refractivity contribution in [2.24, 2.45) is 5.92 Å². The molecular weight excluding hydrogens is 152 g/mol. The van der Waals surface area contributed by atoms with Gasteiger partial charge in [0.1, 0.15) is 0 Å². The van der Waals surface area contributed by atoms with Gasteiger partial charge in [0.15, 0.2) is 0 Å². The molecule has 0 amide bonds. The third-order valence-electron chi connectivity index (χ3n) is 1.63. The van der Waals surface area contributed by atoms with Crippen molar-refractivity contribution < 1.29 is 9.53 Å². The lowest BCUT2D eigenvalue weighted by atomic mass is 10.1. The number of rotatable bonds is 6. The van der Waals surface area contributed by atoms with Crippen LogP contribution in [0, 0.1) is 5.92 Å². The van der Waals surface area contributed by atoms with Gasteiger partial charge in [-0.15, -0.1) is 0 Å². The number of hydrogen-bond donors (Lipinski definition) is 0. The first-order chi connectivity index (χ1) is 5.66. The van der Waals surface area contributed by atoms with Crippen LogP contribution in [0.25, 0.3) is 0 Å². The number of ether oxygens (including phenoxy) is 1. The van der Waals surface area contributed by atoms with Gasteiger partial charge in [-0.1, -0.05) is 27.2 Å². The third-order valence-corrected chi connectivity index (χ3v) is 1.63. The maximum atomic E-state index is 11.0. The molecule has 0 unspecified atom stereocenters. The molecule has 0 aromatic rings. The Balaban J connectivity index is 3.20. The second-order valence-electron chi connectivity index (χ2n) is 3.51. The monoisotopic (exact) mass is 172 g/mol. The van der Waals surface area contributed by atoms with Crippen LogP contribution in [0.3, 0.4) is 0 Å². The average Bonchev–Trinajstić information content (AvgIpc) is 2.00. The van der Waals surface area contributed by atoms with Gasteiger partial charge in [-0.2, -0.15) is 0 Å². The third kappa shape index (κ3) is 7.58. The van der Waals surface area contributed by atoms with Gasteiger partial charge < -0.3 is 4.74 Å². The molecule has 2 nitrogen and oxygen atoms in total. The minimum atomic E-state index is -0.0440. The maximum absolute atomic E-state index is 11.0. The fourth-order valence-electron chi connectivity index (χ4n) is 0.943. The predicted octanol–water partition coefficient (Wildman–Crippen LogP) is 2.77. The molecule has 0 aliphatic rings. The Morgan fingerprint density at radius 1 is 1.42 bits per heavy atom. The predicted molar refractivity (Wildman–Crippen MR) is 49.9 cm³/mol. The van der Waals surface area contributed by atoms with Crippen molar-refractivity contribution in [3.63, 3.8) is 0 Å². The zero-order chi connectivity index (χ0) is 9.40. The molecule has 2 heteroatoms. The van der Waals surface area contributed by atoms with Crippen molar-refractivity contribution in [3.8, 4) is 0 Å². The summed E-state index contributed by atoms with van der Waals surface area (Å²) in [5.74, 6) is 0.640. The van der Waals surface area contributed by atoms with Crippen LogP contribution in [0.4, 0.5) is 0 Å². The topological polar surface area (TPSA) is 26.3 Å². The maximum Gasteiger partial charge on any atom is 0.305 e. The molecule has 0 saturated carbocycles. The first-order valence-electron chi connectivity index (χ1n) is 4.82.